The van der Waals surface area contributed by atoms with E-state index < -0.39 is 14.4 Å². The number of benzene rings is 4. The minimum atomic E-state index is -2.02. The van der Waals surface area contributed by atoms with E-state index in [9.17, 15) is 5.02 Å². The standard InChI is InChI=1S/C25H22BO3P.BrH/c27-26(29-28)22-12-10-11-21(19-22)20-30(23-13-4-1-5-14-23,24-15-6-2-7-16-24)25-17-8-3-9-18-25;/h1-19,27H,20H2;1H. The van der Waals surface area contributed by atoms with Crippen LogP contribution < -0.4 is 38.4 Å². The van der Waals surface area contributed by atoms with Crippen LogP contribution in [-0.2, 0) is 11.0 Å². The van der Waals surface area contributed by atoms with Gasteiger partial charge in [-0.15, -0.1) is 0 Å². The predicted octanol–water partition coefficient (Wildman–Crippen LogP) is 0.362. The highest BCUT2D eigenvalue weighted by atomic mass is 79.9. The largest absolute Gasteiger partial charge is 1.00 e. The van der Waals surface area contributed by atoms with Crippen molar-refractivity contribution in [3.8, 4) is 0 Å². The third-order valence-corrected chi connectivity index (χ3v) is 9.73. The molecule has 0 unspecified atom stereocenters. The van der Waals surface area contributed by atoms with Crippen molar-refractivity contribution in [1.82, 2.24) is 0 Å². The molecule has 0 aliphatic heterocycles. The van der Waals surface area contributed by atoms with Gasteiger partial charge in [-0.1, -0.05) is 78.9 Å². The van der Waals surface area contributed by atoms with Gasteiger partial charge in [-0.25, -0.2) is 0 Å². The van der Waals surface area contributed by atoms with Crippen LogP contribution in [0.5, 0.6) is 0 Å². The van der Waals surface area contributed by atoms with Gasteiger partial charge in [-0.2, -0.15) is 0 Å². The molecule has 0 heterocycles. The van der Waals surface area contributed by atoms with Crippen LogP contribution in [0.2, 0.25) is 0 Å². The SMILES string of the molecule is OOB(O)c1cccc(C[P+](c2ccccc2)(c2ccccc2)c2ccccc2)c1.[Br-]. The van der Waals surface area contributed by atoms with Crippen molar-refractivity contribution in [3.63, 3.8) is 0 Å². The Balaban J connectivity index is 0.00000272. The zero-order chi connectivity index (χ0) is 20.8. The Kier molecular flexibility index (Phi) is 8.19. The van der Waals surface area contributed by atoms with Gasteiger partial charge < -0.3 is 22.0 Å². The van der Waals surface area contributed by atoms with Crippen molar-refractivity contribution in [2.45, 2.75) is 6.16 Å². The first kappa shape index (κ1) is 23.4. The third-order valence-electron chi connectivity index (χ3n) is 5.35. The van der Waals surface area contributed by atoms with Gasteiger partial charge in [0.15, 0.2) is 0 Å². The Hall–Kier alpha value is -2.27. The molecule has 4 rings (SSSR count). The fourth-order valence-corrected chi connectivity index (χ4v) is 8.18. The highest BCUT2D eigenvalue weighted by molar-refractivity contribution is 7.95. The van der Waals surface area contributed by atoms with E-state index in [2.05, 4.69) is 83.7 Å². The summed E-state index contributed by atoms with van der Waals surface area (Å²) in [5.41, 5.74) is 1.61. The fourth-order valence-electron chi connectivity index (χ4n) is 3.95. The monoisotopic (exact) mass is 492 g/mol. The average Bonchev–Trinajstić information content (AvgIpc) is 2.84. The van der Waals surface area contributed by atoms with Crippen LogP contribution in [0.15, 0.2) is 115 Å². The summed E-state index contributed by atoms with van der Waals surface area (Å²) >= 11 is 0. The van der Waals surface area contributed by atoms with Crippen molar-refractivity contribution in [2.24, 2.45) is 0 Å². The molecule has 6 heteroatoms. The lowest BCUT2D eigenvalue weighted by Crippen LogP contribution is -3.00. The van der Waals surface area contributed by atoms with Crippen LogP contribution >= 0.6 is 7.26 Å². The maximum Gasteiger partial charge on any atom is 0.522 e. The molecule has 0 atom stereocenters. The molecule has 0 aliphatic rings. The lowest BCUT2D eigenvalue weighted by Gasteiger charge is -2.28. The van der Waals surface area contributed by atoms with Crippen molar-refractivity contribution in [3.05, 3.63) is 121 Å². The van der Waals surface area contributed by atoms with E-state index in [-0.39, 0.29) is 17.0 Å². The Morgan fingerprint density at radius 2 is 1.10 bits per heavy atom. The molecule has 0 aliphatic carbocycles. The number of hydrogen-bond acceptors (Lipinski definition) is 3. The zero-order valence-corrected chi connectivity index (χ0v) is 19.4. The molecule has 4 aromatic rings. The second-order valence-corrected chi connectivity index (χ2v) is 10.7. The maximum absolute atomic E-state index is 9.94. The highest BCUT2D eigenvalue weighted by Gasteiger charge is 2.45. The summed E-state index contributed by atoms with van der Waals surface area (Å²) in [5, 5.41) is 22.7. The third kappa shape index (κ3) is 4.98. The molecule has 0 aromatic heterocycles. The van der Waals surface area contributed by atoms with Crippen molar-refractivity contribution >= 4 is 35.8 Å². The van der Waals surface area contributed by atoms with E-state index in [1.54, 1.807) is 6.07 Å². The van der Waals surface area contributed by atoms with Crippen molar-refractivity contribution in [2.75, 3.05) is 0 Å². The van der Waals surface area contributed by atoms with Crippen molar-refractivity contribution < 1.29 is 32.1 Å². The van der Waals surface area contributed by atoms with Gasteiger partial charge in [0.05, 0.1) is 6.16 Å². The van der Waals surface area contributed by atoms with Crippen LogP contribution in [0, 0.1) is 0 Å². The molecular weight excluding hydrogens is 470 g/mol. The van der Waals surface area contributed by atoms with E-state index in [4.69, 9.17) is 5.26 Å². The lowest BCUT2D eigenvalue weighted by atomic mass is 9.79. The average molecular weight is 493 g/mol. The lowest BCUT2D eigenvalue weighted by molar-refractivity contribution is -0.154. The van der Waals surface area contributed by atoms with Crippen LogP contribution in [0.4, 0.5) is 0 Å². The summed E-state index contributed by atoms with van der Waals surface area (Å²) in [5.74, 6) is 0. The van der Waals surface area contributed by atoms with Gasteiger partial charge in [0.25, 0.3) is 0 Å². The molecule has 0 amide bonds. The second-order valence-electron chi connectivity index (χ2n) is 7.18. The van der Waals surface area contributed by atoms with Gasteiger partial charge in [0, 0.05) is 0 Å². The first-order valence-corrected chi connectivity index (χ1v) is 11.8. The molecule has 2 N–H and O–H groups in total. The molecule has 0 spiro atoms. The maximum atomic E-state index is 9.94. The van der Waals surface area contributed by atoms with Crippen molar-refractivity contribution in [1.29, 1.82) is 0 Å². The highest BCUT2D eigenvalue weighted by Crippen LogP contribution is 2.58. The minimum Gasteiger partial charge on any atom is -1.00 e. The smallest absolute Gasteiger partial charge is 0.522 e. The number of hydrogen-bond donors (Lipinski definition) is 2. The molecule has 31 heavy (non-hydrogen) atoms. The van der Waals surface area contributed by atoms with Crippen LogP contribution in [0.1, 0.15) is 5.56 Å². The Morgan fingerprint density at radius 1 is 0.645 bits per heavy atom. The van der Waals surface area contributed by atoms with Gasteiger partial charge in [0.1, 0.15) is 23.2 Å². The zero-order valence-electron chi connectivity index (χ0n) is 16.9. The Labute approximate surface area is 194 Å². The van der Waals surface area contributed by atoms with Gasteiger partial charge >= 0.3 is 7.12 Å². The molecular formula is C25H23BBrO3P. The first-order valence-electron chi connectivity index (χ1n) is 9.86. The summed E-state index contributed by atoms with van der Waals surface area (Å²) in [6.45, 7) is 0. The van der Waals surface area contributed by atoms with Gasteiger partial charge in [-0.05, 0) is 47.4 Å². The van der Waals surface area contributed by atoms with E-state index in [0.717, 1.165) is 11.7 Å². The summed E-state index contributed by atoms with van der Waals surface area (Å²) in [7, 11) is -3.38. The number of halogens is 1. The Bertz CT molecular complexity index is 985. The molecule has 0 fully saturated rings. The summed E-state index contributed by atoms with van der Waals surface area (Å²) < 4.78 is 0. The Morgan fingerprint density at radius 3 is 1.52 bits per heavy atom. The quantitative estimate of drug-likeness (QED) is 0.169. The number of rotatable bonds is 7. The predicted molar refractivity (Wildman–Crippen MR) is 127 cm³/mol. The van der Waals surface area contributed by atoms with Crippen LogP contribution in [0.3, 0.4) is 0 Å². The second kappa shape index (κ2) is 10.9. The normalized spacial score (nSPS) is 10.9. The van der Waals surface area contributed by atoms with Crippen LogP contribution in [0.25, 0.3) is 0 Å². The molecule has 0 saturated heterocycles. The van der Waals surface area contributed by atoms with E-state index in [0.29, 0.717) is 5.46 Å². The topological polar surface area (TPSA) is 49.7 Å². The van der Waals surface area contributed by atoms with E-state index in [1.807, 2.05) is 30.3 Å². The summed E-state index contributed by atoms with van der Waals surface area (Å²) in [6, 6.07) is 39.6. The molecule has 3 nitrogen and oxygen atoms in total. The fraction of sp³-hybridized carbons (Fsp3) is 0.0400. The van der Waals surface area contributed by atoms with Gasteiger partial charge in [-0.3, -0.25) is 10.1 Å². The van der Waals surface area contributed by atoms with Crippen LogP contribution in [-0.4, -0.2) is 17.4 Å². The molecule has 4 aromatic carbocycles. The molecule has 0 saturated carbocycles. The first-order chi connectivity index (χ1) is 14.7. The summed E-state index contributed by atoms with van der Waals surface area (Å²) in [6.07, 6.45) is 0.789. The molecule has 0 bridgehead atoms. The molecule has 0 radical (unpaired) electrons. The molecule has 156 valence electrons. The van der Waals surface area contributed by atoms with Gasteiger partial charge in [0.2, 0.25) is 0 Å². The minimum absolute atomic E-state index is 0. The van der Waals surface area contributed by atoms with E-state index in [1.165, 1.54) is 15.9 Å². The summed E-state index contributed by atoms with van der Waals surface area (Å²) in [4.78, 5) is 4.14. The van der Waals surface area contributed by atoms with E-state index >= 15 is 0 Å².